The van der Waals surface area contributed by atoms with Crippen molar-refractivity contribution in [3.8, 4) is 0 Å². The van der Waals surface area contributed by atoms with E-state index in [-0.39, 0.29) is 0 Å². The van der Waals surface area contributed by atoms with Crippen molar-refractivity contribution in [3.05, 3.63) is 28.8 Å². The molecule has 0 radical (unpaired) electrons. The van der Waals surface area contributed by atoms with Crippen molar-refractivity contribution in [3.63, 3.8) is 0 Å². The number of hydrogen-bond donors (Lipinski definition) is 0. The maximum atomic E-state index is 6.00. The van der Waals surface area contributed by atoms with Crippen molar-refractivity contribution in [1.82, 2.24) is 0 Å². The Labute approximate surface area is 128 Å². The van der Waals surface area contributed by atoms with Crippen LogP contribution in [-0.4, -0.2) is 8.11 Å². The summed E-state index contributed by atoms with van der Waals surface area (Å²) in [5.74, 6) is 0. The molecule has 1 unspecified atom stereocenters. The quantitative estimate of drug-likeness (QED) is 0.465. The molecule has 0 aromatic heterocycles. The van der Waals surface area contributed by atoms with Gasteiger partial charge in [-0.2, -0.15) is 0 Å². The maximum absolute atomic E-state index is 6.00. The van der Waals surface area contributed by atoms with E-state index in [4.69, 9.17) is 58.0 Å². The minimum absolute atomic E-state index is 0.711. The largest absolute Gasteiger partial charge is 0.215 e. The first kappa shape index (κ1) is 16.2. The highest BCUT2D eigenvalue weighted by Crippen LogP contribution is 2.63. The van der Waals surface area contributed by atoms with Gasteiger partial charge in [0.2, 0.25) is 3.53 Å². The molecular weight excluding hydrogens is 340 g/mol. The van der Waals surface area contributed by atoms with Crippen LogP contribution in [0.25, 0.3) is 0 Å². The third-order valence-corrected chi connectivity index (χ3v) is 7.28. The standard InChI is InChI=1S/C11H12Cl5P/c1-6-4-7(2)9(8(3)5-6)17(10(12)13)11(14,15)16/h4-5,10H,1-3H3. The zero-order valence-corrected chi connectivity index (χ0v) is 14.2. The van der Waals surface area contributed by atoms with Gasteiger partial charge in [-0.05, 0) is 37.2 Å². The van der Waals surface area contributed by atoms with Crippen LogP contribution < -0.4 is 5.30 Å². The molecule has 0 fully saturated rings. The average molecular weight is 352 g/mol. The van der Waals surface area contributed by atoms with Gasteiger partial charge >= 0.3 is 0 Å². The predicted octanol–water partition coefficient (Wildman–Crippen LogP) is 5.81. The lowest BCUT2D eigenvalue weighted by molar-refractivity contribution is 1.35. The fraction of sp³-hybridized carbons (Fsp3) is 0.455. The number of hydrogen-bond acceptors (Lipinski definition) is 0. The van der Waals surface area contributed by atoms with E-state index in [1.54, 1.807) is 0 Å². The van der Waals surface area contributed by atoms with Gasteiger partial charge in [0.25, 0.3) is 0 Å². The summed E-state index contributed by atoms with van der Waals surface area (Å²) in [6.45, 7) is 5.99. The predicted molar refractivity (Wildman–Crippen MR) is 83.0 cm³/mol. The van der Waals surface area contributed by atoms with E-state index < -0.39 is 16.0 Å². The highest BCUT2D eigenvalue weighted by atomic mass is 35.6. The van der Waals surface area contributed by atoms with Crippen molar-refractivity contribution in [1.29, 1.82) is 0 Å². The molecule has 0 heterocycles. The van der Waals surface area contributed by atoms with Gasteiger partial charge in [0.15, 0.2) is 0 Å². The zero-order valence-electron chi connectivity index (χ0n) is 9.57. The second-order valence-electron chi connectivity index (χ2n) is 3.86. The van der Waals surface area contributed by atoms with E-state index in [0.29, 0.717) is 0 Å². The Bertz CT molecular complexity index is 388. The molecule has 0 aliphatic heterocycles. The number of aryl methyl sites for hydroxylation is 3. The monoisotopic (exact) mass is 350 g/mol. The van der Waals surface area contributed by atoms with Gasteiger partial charge in [-0.3, -0.25) is 0 Å². The van der Waals surface area contributed by atoms with Crippen LogP contribution in [-0.2, 0) is 0 Å². The molecule has 0 aliphatic carbocycles. The van der Waals surface area contributed by atoms with Gasteiger partial charge in [0, 0.05) is 7.92 Å². The molecule has 6 heteroatoms. The summed E-state index contributed by atoms with van der Waals surface area (Å²) in [6.07, 6.45) is 0. The van der Waals surface area contributed by atoms with Crippen LogP contribution in [0.3, 0.4) is 0 Å². The Kier molecular flexibility index (Phi) is 5.74. The van der Waals surface area contributed by atoms with Crippen LogP contribution in [0.2, 0.25) is 0 Å². The second-order valence-corrected chi connectivity index (χ2v) is 11.0. The van der Waals surface area contributed by atoms with Crippen LogP contribution in [0.4, 0.5) is 0 Å². The molecular formula is C11H12Cl5P. The summed E-state index contributed by atoms with van der Waals surface area (Å²) >= 11 is 30.0. The first-order valence-electron chi connectivity index (χ1n) is 4.86. The number of rotatable bonds is 2. The lowest BCUT2D eigenvalue weighted by Gasteiger charge is -2.29. The van der Waals surface area contributed by atoms with Crippen molar-refractivity contribution in [2.45, 2.75) is 28.9 Å². The molecule has 0 N–H and O–H groups in total. The second kappa shape index (κ2) is 6.04. The van der Waals surface area contributed by atoms with Gasteiger partial charge in [-0.25, -0.2) is 0 Å². The van der Waals surface area contributed by atoms with Crippen molar-refractivity contribution in [2.24, 2.45) is 0 Å². The SMILES string of the molecule is Cc1cc(C)c(P(C(Cl)Cl)C(Cl)(Cl)Cl)c(C)c1. The summed E-state index contributed by atoms with van der Waals surface area (Å²) in [5.41, 5.74) is 3.29. The summed E-state index contributed by atoms with van der Waals surface area (Å²) in [6, 6.07) is 4.09. The lowest BCUT2D eigenvalue weighted by atomic mass is 10.1. The number of alkyl halides is 5. The minimum atomic E-state index is -1.46. The van der Waals surface area contributed by atoms with E-state index in [1.165, 1.54) is 5.56 Å². The molecule has 1 rings (SSSR count). The van der Waals surface area contributed by atoms with E-state index in [2.05, 4.69) is 0 Å². The molecule has 0 aliphatic rings. The summed E-state index contributed by atoms with van der Waals surface area (Å²) in [7, 11) is -1.28. The fourth-order valence-corrected chi connectivity index (χ4v) is 7.45. The molecule has 0 saturated carbocycles. The van der Waals surface area contributed by atoms with Crippen molar-refractivity contribution in [2.75, 3.05) is 0 Å². The molecule has 96 valence electrons. The Morgan fingerprint density at radius 2 is 1.41 bits per heavy atom. The van der Waals surface area contributed by atoms with Crippen LogP contribution in [0, 0.1) is 20.8 Å². The fourth-order valence-electron chi connectivity index (χ4n) is 1.89. The Morgan fingerprint density at radius 1 is 1.00 bits per heavy atom. The first-order chi connectivity index (χ1) is 7.64. The highest BCUT2D eigenvalue weighted by molar-refractivity contribution is 7.76. The Hall–Kier alpha value is 1.10. The van der Waals surface area contributed by atoms with E-state index >= 15 is 0 Å². The molecule has 0 bridgehead atoms. The molecule has 1 atom stereocenters. The summed E-state index contributed by atoms with van der Waals surface area (Å²) in [4.78, 5) is 0. The minimum Gasteiger partial charge on any atom is -0.0997 e. The molecule has 1 aromatic rings. The lowest BCUT2D eigenvalue weighted by Crippen LogP contribution is -2.21. The topological polar surface area (TPSA) is 0 Å². The van der Waals surface area contributed by atoms with Gasteiger partial charge in [-0.1, -0.05) is 75.7 Å². The molecule has 0 amide bonds. The van der Waals surface area contributed by atoms with Gasteiger partial charge in [-0.15, -0.1) is 0 Å². The van der Waals surface area contributed by atoms with Gasteiger partial charge in [0.05, 0.1) is 0 Å². The average Bonchev–Trinajstić information content (AvgIpc) is 2.07. The highest BCUT2D eigenvalue weighted by Gasteiger charge is 2.39. The normalized spacial score (nSPS) is 14.2. The Balaban J connectivity index is 3.39. The van der Waals surface area contributed by atoms with Gasteiger partial charge in [0.1, 0.15) is 4.58 Å². The number of halogens is 5. The molecule has 0 nitrogen and oxygen atoms in total. The van der Waals surface area contributed by atoms with Crippen LogP contribution >= 0.6 is 65.9 Å². The van der Waals surface area contributed by atoms with E-state index in [9.17, 15) is 0 Å². The van der Waals surface area contributed by atoms with Gasteiger partial charge < -0.3 is 0 Å². The molecule has 1 aromatic carbocycles. The maximum Gasteiger partial charge on any atom is 0.215 e. The van der Waals surface area contributed by atoms with Crippen LogP contribution in [0.1, 0.15) is 16.7 Å². The first-order valence-corrected chi connectivity index (χ1v) is 8.28. The Morgan fingerprint density at radius 3 is 1.71 bits per heavy atom. The van der Waals surface area contributed by atoms with E-state index in [1.807, 2.05) is 32.9 Å². The van der Waals surface area contributed by atoms with Crippen LogP contribution in [0.15, 0.2) is 12.1 Å². The van der Waals surface area contributed by atoms with Crippen molar-refractivity contribution < 1.29 is 0 Å². The third kappa shape index (κ3) is 4.03. The van der Waals surface area contributed by atoms with Crippen LogP contribution in [0.5, 0.6) is 0 Å². The number of benzene rings is 1. The summed E-state index contributed by atoms with van der Waals surface area (Å²) < 4.78 is -2.17. The summed E-state index contributed by atoms with van der Waals surface area (Å²) in [5, 5.41) is 0.973. The molecule has 0 spiro atoms. The van der Waals surface area contributed by atoms with Crippen molar-refractivity contribution >= 4 is 71.2 Å². The zero-order chi connectivity index (χ0) is 13.4. The molecule has 17 heavy (non-hydrogen) atoms. The third-order valence-electron chi connectivity index (χ3n) is 2.34. The smallest absolute Gasteiger partial charge is 0.0997 e. The molecule has 0 saturated heterocycles. The van der Waals surface area contributed by atoms with E-state index in [0.717, 1.165) is 16.4 Å².